The Kier molecular flexibility index (Phi) is 14.6. The fourth-order valence-electron chi connectivity index (χ4n) is 3.34. The number of aliphatic carboxylic acids is 1. The van der Waals surface area contributed by atoms with Crippen LogP contribution in [0.5, 0.6) is 0 Å². The molecule has 0 radical (unpaired) electrons. The molecule has 0 rings (SSSR count). The van der Waals surface area contributed by atoms with Crippen molar-refractivity contribution in [2.45, 2.75) is 97.8 Å². The predicted octanol–water partition coefficient (Wildman–Crippen LogP) is 0.730. The molecule has 0 bridgehead atoms. The zero-order valence-electron chi connectivity index (χ0n) is 21.0. The molecule has 33 heavy (non-hydrogen) atoms. The van der Waals surface area contributed by atoms with Gasteiger partial charge < -0.3 is 32.5 Å². The van der Waals surface area contributed by atoms with Crippen LogP contribution in [-0.2, 0) is 19.2 Å². The summed E-state index contributed by atoms with van der Waals surface area (Å²) in [7, 11) is 0. The molecule has 0 aliphatic rings. The van der Waals surface area contributed by atoms with Gasteiger partial charge in [0.25, 0.3) is 0 Å². The Bertz CT molecular complexity index is 641. The number of nitrogens with two attached hydrogens (primary N) is 2. The summed E-state index contributed by atoms with van der Waals surface area (Å²) in [6.07, 6.45) is 2.87. The number of carbonyl (C=O) groups excluding carboxylic acids is 3. The third kappa shape index (κ3) is 11.5. The van der Waals surface area contributed by atoms with Crippen LogP contribution in [0.25, 0.3) is 0 Å². The molecule has 0 aromatic rings. The topological polar surface area (TPSA) is 177 Å². The van der Waals surface area contributed by atoms with E-state index in [1.807, 2.05) is 20.8 Å². The normalized spacial score (nSPS) is 15.9. The summed E-state index contributed by atoms with van der Waals surface area (Å²) in [6.45, 7) is 11.5. The van der Waals surface area contributed by atoms with Crippen molar-refractivity contribution in [3.8, 4) is 0 Å². The van der Waals surface area contributed by atoms with Crippen LogP contribution >= 0.6 is 0 Å². The van der Waals surface area contributed by atoms with E-state index in [0.29, 0.717) is 32.2 Å². The van der Waals surface area contributed by atoms with E-state index in [4.69, 9.17) is 11.5 Å². The maximum atomic E-state index is 13.0. The van der Waals surface area contributed by atoms with E-state index in [1.54, 1.807) is 20.8 Å². The van der Waals surface area contributed by atoms with Gasteiger partial charge in [-0.1, -0.05) is 54.4 Å². The SMILES string of the molecule is CCC(C)C(NC(=O)C(NC(=O)C(CC(C)C)NC(=O)C(N)CCCCN)C(C)C)C(=O)O. The minimum Gasteiger partial charge on any atom is -0.480 e. The molecule has 0 spiro atoms. The predicted molar refractivity (Wildman–Crippen MR) is 128 cm³/mol. The number of nitrogens with one attached hydrogen (secondary N) is 3. The van der Waals surface area contributed by atoms with Gasteiger partial charge >= 0.3 is 5.97 Å². The van der Waals surface area contributed by atoms with Gasteiger partial charge in [-0.25, -0.2) is 4.79 Å². The third-order valence-electron chi connectivity index (χ3n) is 5.67. The lowest BCUT2D eigenvalue weighted by Gasteiger charge is -2.28. The van der Waals surface area contributed by atoms with E-state index < -0.39 is 47.9 Å². The van der Waals surface area contributed by atoms with Crippen molar-refractivity contribution in [1.82, 2.24) is 16.0 Å². The van der Waals surface area contributed by atoms with Crippen LogP contribution in [0, 0.1) is 17.8 Å². The summed E-state index contributed by atoms with van der Waals surface area (Å²) in [4.78, 5) is 50.0. The standard InChI is InChI=1S/C23H45N5O5/c1-7-15(6)19(23(32)33)28-22(31)18(14(4)5)27-21(30)17(12-13(2)3)26-20(29)16(25)10-8-9-11-24/h13-19H,7-12,24-25H2,1-6H3,(H,26,29)(H,27,30)(H,28,31)(H,32,33). The van der Waals surface area contributed by atoms with Gasteiger partial charge in [-0.05, 0) is 43.6 Å². The van der Waals surface area contributed by atoms with Crippen LogP contribution in [0.2, 0.25) is 0 Å². The maximum absolute atomic E-state index is 13.0. The molecule has 10 nitrogen and oxygen atoms in total. The summed E-state index contributed by atoms with van der Waals surface area (Å²) in [5.41, 5.74) is 11.4. The first kappa shape index (κ1) is 30.8. The second-order valence-electron chi connectivity index (χ2n) is 9.52. The first-order valence-electron chi connectivity index (χ1n) is 11.9. The average Bonchev–Trinajstić information content (AvgIpc) is 2.73. The Morgan fingerprint density at radius 3 is 1.88 bits per heavy atom. The molecule has 0 heterocycles. The van der Waals surface area contributed by atoms with Gasteiger partial charge in [0.2, 0.25) is 17.7 Å². The molecule has 5 unspecified atom stereocenters. The average molecular weight is 472 g/mol. The second kappa shape index (κ2) is 15.6. The molecule has 0 aromatic carbocycles. The molecule has 8 N–H and O–H groups in total. The Morgan fingerprint density at radius 1 is 0.848 bits per heavy atom. The summed E-state index contributed by atoms with van der Waals surface area (Å²) in [5.74, 6) is -3.10. The Balaban J connectivity index is 5.38. The zero-order chi connectivity index (χ0) is 25.7. The van der Waals surface area contributed by atoms with E-state index in [0.717, 1.165) is 6.42 Å². The highest BCUT2D eigenvalue weighted by atomic mass is 16.4. The number of unbranched alkanes of at least 4 members (excludes halogenated alkanes) is 1. The number of rotatable bonds is 16. The first-order valence-corrected chi connectivity index (χ1v) is 11.9. The quantitative estimate of drug-likeness (QED) is 0.180. The largest absolute Gasteiger partial charge is 0.480 e. The third-order valence-corrected chi connectivity index (χ3v) is 5.67. The minimum absolute atomic E-state index is 0.0997. The second-order valence-corrected chi connectivity index (χ2v) is 9.52. The van der Waals surface area contributed by atoms with E-state index in [9.17, 15) is 24.3 Å². The zero-order valence-corrected chi connectivity index (χ0v) is 21.0. The van der Waals surface area contributed by atoms with Gasteiger partial charge in [0.05, 0.1) is 6.04 Å². The molecule has 0 fully saturated rings. The van der Waals surface area contributed by atoms with Crippen molar-refractivity contribution in [2.24, 2.45) is 29.2 Å². The van der Waals surface area contributed by atoms with Gasteiger partial charge in [-0.2, -0.15) is 0 Å². The Morgan fingerprint density at radius 2 is 1.42 bits per heavy atom. The van der Waals surface area contributed by atoms with Crippen molar-refractivity contribution in [2.75, 3.05) is 6.54 Å². The molecule has 0 aliphatic heterocycles. The number of carbonyl (C=O) groups is 4. The van der Waals surface area contributed by atoms with E-state index in [2.05, 4.69) is 16.0 Å². The number of amides is 3. The molecular weight excluding hydrogens is 426 g/mol. The van der Waals surface area contributed by atoms with Crippen molar-refractivity contribution >= 4 is 23.7 Å². The van der Waals surface area contributed by atoms with Crippen LogP contribution < -0.4 is 27.4 Å². The van der Waals surface area contributed by atoms with Crippen LogP contribution in [0.4, 0.5) is 0 Å². The summed E-state index contributed by atoms with van der Waals surface area (Å²) >= 11 is 0. The lowest BCUT2D eigenvalue weighted by molar-refractivity contribution is -0.144. The highest BCUT2D eigenvalue weighted by molar-refractivity contribution is 5.94. The summed E-state index contributed by atoms with van der Waals surface area (Å²) < 4.78 is 0. The summed E-state index contributed by atoms with van der Waals surface area (Å²) in [6, 6.07) is -3.63. The fourth-order valence-corrected chi connectivity index (χ4v) is 3.34. The van der Waals surface area contributed by atoms with Gasteiger partial charge in [0, 0.05) is 0 Å². The lowest BCUT2D eigenvalue weighted by atomic mass is 9.96. The molecule has 10 heteroatoms. The van der Waals surface area contributed by atoms with E-state index in [1.165, 1.54) is 0 Å². The van der Waals surface area contributed by atoms with Gasteiger partial charge in [-0.3, -0.25) is 14.4 Å². The van der Waals surface area contributed by atoms with E-state index in [-0.39, 0.29) is 17.8 Å². The van der Waals surface area contributed by atoms with Gasteiger partial charge in [-0.15, -0.1) is 0 Å². The van der Waals surface area contributed by atoms with Crippen molar-refractivity contribution in [3.63, 3.8) is 0 Å². The number of hydrogen-bond acceptors (Lipinski definition) is 6. The van der Waals surface area contributed by atoms with Crippen molar-refractivity contribution in [1.29, 1.82) is 0 Å². The summed E-state index contributed by atoms with van der Waals surface area (Å²) in [5, 5.41) is 17.4. The molecule has 0 saturated heterocycles. The number of carboxylic acids is 1. The highest BCUT2D eigenvalue weighted by Crippen LogP contribution is 2.12. The van der Waals surface area contributed by atoms with Gasteiger partial charge in [0.15, 0.2) is 0 Å². The van der Waals surface area contributed by atoms with Gasteiger partial charge in [0.1, 0.15) is 18.1 Å². The van der Waals surface area contributed by atoms with Crippen LogP contribution in [0.1, 0.15) is 73.6 Å². The monoisotopic (exact) mass is 471 g/mol. The Hall–Kier alpha value is -2.20. The van der Waals surface area contributed by atoms with Crippen molar-refractivity contribution < 1.29 is 24.3 Å². The minimum atomic E-state index is -1.12. The molecule has 192 valence electrons. The van der Waals surface area contributed by atoms with Crippen LogP contribution in [0.15, 0.2) is 0 Å². The molecule has 0 saturated carbocycles. The molecular formula is C23H45N5O5. The molecule has 5 atom stereocenters. The maximum Gasteiger partial charge on any atom is 0.326 e. The molecule has 3 amide bonds. The molecule has 0 aliphatic carbocycles. The molecule has 0 aromatic heterocycles. The number of carboxylic acid groups (broad SMARTS) is 1. The van der Waals surface area contributed by atoms with Crippen LogP contribution in [-0.4, -0.2) is 59.5 Å². The van der Waals surface area contributed by atoms with Crippen LogP contribution in [0.3, 0.4) is 0 Å². The highest BCUT2D eigenvalue weighted by Gasteiger charge is 2.33. The fraction of sp³-hybridized carbons (Fsp3) is 0.826. The van der Waals surface area contributed by atoms with E-state index >= 15 is 0 Å². The number of hydrogen-bond donors (Lipinski definition) is 6. The smallest absolute Gasteiger partial charge is 0.326 e. The Labute approximate surface area is 198 Å². The lowest BCUT2D eigenvalue weighted by Crippen LogP contribution is -2.59. The van der Waals surface area contributed by atoms with Crippen molar-refractivity contribution in [3.05, 3.63) is 0 Å². The first-order chi connectivity index (χ1) is 15.3.